The SMILES string of the molecule is Cc1sccc1CN1CCCC1Cn1ccnc1C. The molecule has 2 aromatic rings. The second-order valence-corrected chi connectivity index (χ2v) is 6.52. The van der Waals surface area contributed by atoms with Gasteiger partial charge < -0.3 is 4.57 Å². The lowest BCUT2D eigenvalue weighted by Crippen LogP contribution is -2.32. The number of aryl methyl sites for hydroxylation is 2. The zero-order valence-corrected chi connectivity index (χ0v) is 12.5. The highest BCUT2D eigenvalue weighted by Crippen LogP contribution is 2.24. The molecule has 3 nitrogen and oxygen atoms in total. The summed E-state index contributed by atoms with van der Waals surface area (Å²) in [7, 11) is 0. The summed E-state index contributed by atoms with van der Waals surface area (Å²) >= 11 is 1.85. The van der Waals surface area contributed by atoms with Gasteiger partial charge in [0.15, 0.2) is 0 Å². The third-order valence-corrected chi connectivity index (χ3v) is 5.06. The molecule has 0 radical (unpaired) electrons. The van der Waals surface area contributed by atoms with Crippen LogP contribution in [0.25, 0.3) is 0 Å². The van der Waals surface area contributed by atoms with Crippen molar-refractivity contribution in [1.82, 2.24) is 14.5 Å². The van der Waals surface area contributed by atoms with Crippen LogP contribution in [0.3, 0.4) is 0 Å². The van der Waals surface area contributed by atoms with Crippen LogP contribution in [-0.4, -0.2) is 27.0 Å². The Hall–Kier alpha value is -1.13. The Labute approximate surface area is 118 Å². The molecule has 4 heteroatoms. The van der Waals surface area contributed by atoms with Gasteiger partial charge in [0.25, 0.3) is 0 Å². The molecule has 1 saturated heterocycles. The zero-order chi connectivity index (χ0) is 13.2. The molecule has 1 fully saturated rings. The van der Waals surface area contributed by atoms with Gasteiger partial charge in [-0.2, -0.15) is 0 Å². The quantitative estimate of drug-likeness (QED) is 0.854. The van der Waals surface area contributed by atoms with Crippen LogP contribution in [0.2, 0.25) is 0 Å². The Bertz CT molecular complexity index is 495. The lowest BCUT2D eigenvalue weighted by Gasteiger charge is -2.25. The van der Waals surface area contributed by atoms with Gasteiger partial charge in [-0.25, -0.2) is 4.98 Å². The summed E-state index contributed by atoms with van der Waals surface area (Å²) < 4.78 is 2.28. The van der Waals surface area contributed by atoms with Crippen LogP contribution in [0.4, 0.5) is 0 Å². The molecule has 1 unspecified atom stereocenters. The lowest BCUT2D eigenvalue weighted by molar-refractivity contribution is 0.223. The van der Waals surface area contributed by atoms with Crippen molar-refractivity contribution in [1.29, 1.82) is 0 Å². The summed E-state index contributed by atoms with van der Waals surface area (Å²) in [5.74, 6) is 1.12. The summed E-state index contributed by atoms with van der Waals surface area (Å²) in [5, 5.41) is 2.20. The number of aromatic nitrogens is 2. The number of thiophene rings is 1. The highest BCUT2D eigenvalue weighted by molar-refractivity contribution is 7.10. The summed E-state index contributed by atoms with van der Waals surface area (Å²) in [6.07, 6.45) is 6.63. The van der Waals surface area contributed by atoms with Crippen LogP contribution >= 0.6 is 11.3 Å². The minimum atomic E-state index is 0.659. The van der Waals surface area contributed by atoms with E-state index in [-0.39, 0.29) is 0 Å². The maximum Gasteiger partial charge on any atom is 0.105 e. The van der Waals surface area contributed by atoms with Crippen molar-refractivity contribution in [3.05, 3.63) is 40.1 Å². The van der Waals surface area contributed by atoms with Crippen molar-refractivity contribution in [3.63, 3.8) is 0 Å². The van der Waals surface area contributed by atoms with Crippen molar-refractivity contribution < 1.29 is 0 Å². The average molecular weight is 275 g/mol. The number of imidazole rings is 1. The van der Waals surface area contributed by atoms with Crippen molar-refractivity contribution >= 4 is 11.3 Å². The van der Waals surface area contributed by atoms with E-state index in [2.05, 4.69) is 45.9 Å². The third-order valence-electron chi connectivity index (χ3n) is 4.17. The molecule has 1 atom stereocenters. The first-order valence-corrected chi connectivity index (χ1v) is 7.87. The second kappa shape index (κ2) is 5.47. The Morgan fingerprint density at radius 3 is 3.00 bits per heavy atom. The predicted molar refractivity (Wildman–Crippen MR) is 79.5 cm³/mol. The second-order valence-electron chi connectivity index (χ2n) is 5.40. The largest absolute Gasteiger partial charge is 0.334 e. The highest BCUT2D eigenvalue weighted by Gasteiger charge is 2.25. The zero-order valence-electron chi connectivity index (χ0n) is 11.7. The van der Waals surface area contributed by atoms with E-state index in [1.165, 1.54) is 29.8 Å². The minimum absolute atomic E-state index is 0.659. The van der Waals surface area contributed by atoms with Gasteiger partial charge in [-0.1, -0.05) is 0 Å². The molecule has 19 heavy (non-hydrogen) atoms. The van der Waals surface area contributed by atoms with Crippen LogP contribution < -0.4 is 0 Å². The van der Waals surface area contributed by atoms with Crippen LogP contribution in [0.15, 0.2) is 23.8 Å². The number of likely N-dealkylation sites (tertiary alicyclic amines) is 1. The number of rotatable bonds is 4. The first-order valence-electron chi connectivity index (χ1n) is 6.99. The van der Waals surface area contributed by atoms with E-state index < -0.39 is 0 Å². The first-order chi connectivity index (χ1) is 9.24. The van der Waals surface area contributed by atoms with Gasteiger partial charge in [-0.05, 0) is 50.2 Å². The van der Waals surface area contributed by atoms with Gasteiger partial charge >= 0.3 is 0 Å². The lowest BCUT2D eigenvalue weighted by atomic mass is 10.2. The molecule has 0 aromatic carbocycles. The summed E-state index contributed by atoms with van der Waals surface area (Å²) in [4.78, 5) is 8.42. The predicted octanol–water partition coefficient (Wildman–Crippen LogP) is 3.23. The van der Waals surface area contributed by atoms with Crippen LogP contribution in [-0.2, 0) is 13.1 Å². The molecule has 2 aromatic heterocycles. The highest BCUT2D eigenvalue weighted by atomic mass is 32.1. The van der Waals surface area contributed by atoms with Crippen molar-refractivity contribution in [2.75, 3.05) is 6.54 Å². The Morgan fingerprint density at radius 1 is 1.42 bits per heavy atom. The van der Waals surface area contributed by atoms with Gasteiger partial charge in [0.2, 0.25) is 0 Å². The topological polar surface area (TPSA) is 21.1 Å². The number of nitrogens with zero attached hydrogens (tertiary/aromatic N) is 3. The van der Waals surface area contributed by atoms with E-state index in [0.717, 1.165) is 18.9 Å². The Morgan fingerprint density at radius 2 is 2.32 bits per heavy atom. The molecule has 1 aliphatic rings. The Kier molecular flexibility index (Phi) is 3.71. The van der Waals surface area contributed by atoms with Gasteiger partial charge in [-0.3, -0.25) is 4.90 Å². The van der Waals surface area contributed by atoms with Gasteiger partial charge in [0.1, 0.15) is 5.82 Å². The van der Waals surface area contributed by atoms with Crippen molar-refractivity contribution in [3.8, 4) is 0 Å². The van der Waals surface area contributed by atoms with Gasteiger partial charge in [0.05, 0.1) is 0 Å². The molecule has 0 spiro atoms. The van der Waals surface area contributed by atoms with E-state index in [1.54, 1.807) is 0 Å². The molecule has 0 saturated carbocycles. The smallest absolute Gasteiger partial charge is 0.105 e. The summed E-state index contributed by atoms with van der Waals surface area (Å²) in [6, 6.07) is 2.94. The van der Waals surface area contributed by atoms with Gasteiger partial charge in [-0.15, -0.1) is 11.3 Å². The molecule has 0 N–H and O–H groups in total. The number of hydrogen-bond acceptors (Lipinski definition) is 3. The number of hydrogen-bond donors (Lipinski definition) is 0. The molecular formula is C15H21N3S. The van der Waals surface area contributed by atoms with Crippen molar-refractivity contribution in [2.24, 2.45) is 0 Å². The molecule has 3 rings (SSSR count). The molecule has 0 aliphatic carbocycles. The van der Waals surface area contributed by atoms with Crippen molar-refractivity contribution in [2.45, 2.75) is 45.8 Å². The van der Waals surface area contributed by atoms with E-state index in [0.29, 0.717) is 6.04 Å². The normalized spacial score (nSPS) is 20.2. The fourth-order valence-electron chi connectivity index (χ4n) is 2.93. The molecule has 3 heterocycles. The average Bonchev–Trinajstić information content (AvgIpc) is 3.08. The Balaban J connectivity index is 1.68. The van der Waals surface area contributed by atoms with E-state index in [4.69, 9.17) is 0 Å². The van der Waals surface area contributed by atoms with Crippen LogP contribution in [0.1, 0.15) is 29.1 Å². The maximum absolute atomic E-state index is 4.32. The molecular weight excluding hydrogens is 254 g/mol. The van der Waals surface area contributed by atoms with Gasteiger partial charge in [0, 0.05) is 36.4 Å². The maximum atomic E-state index is 4.32. The first kappa shape index (κ1) is 12.9. The third kappa shape index (κ3) is 2.74. The molecule has 0 amide bonds. The fraction of sp³-hybridized carbons (Fsp3) is 0.533. The molecule has 1 aliphatic heterocycles. The van der Waals surface area contributed by atoms with Crippen LogP contribution in [0, 0.1) is 13.8 Å². The summed E-state index contributed by atoms with van der Waals surface area (Å²) in [6.45, 7) is 7.73. The van der Waals surface area contributed by atoms with E-state index in [9.17, 15) is 0 Å². The fourth-order valence-corrected chi connectivity index (χ4v) is 3.65. The minimum Gasteiger partial charge on any atom is -0.334 e. The summed E-state index contributed by atoms with van der Waals surface area (Å²) in [5.41, 5.74) is 1.50. The van der Waals surface area contributed by atoms with E-state index >= 15 is 0 Å². The molecule has 102 valence electrons. The monoisotopic (exact) mass is 275 g/mol. The van der Waals surface area contributed by atoms with E-state index in [1.807, 2.05) is 17.5 Å². The van der Waals surface area contributed by atoms with Crippen LogP contribution in [0.5, 0.6) is 0 Å². The molecule has 0 bridgehead atoms. The standard InChI is InChI=1S/C15H21N3S/c1-12-14(5-9-19-12)10-18-7-3-4-15(18)11-17-8-6-16-13(17)2/h5-6,8-9,15H,3-4,7,10-11H2,1-2H3.